The second-order valence-electron chi connectivity index (χ2n) is 9.20. The summed E-state index contributed by atoms with van der Waals surface area (Å²) in [4.78, 5) is 24.1. The van der Waals surface area contributed by atoms with Gasteiger partial charge in [0.15, 0.2) is 5.78 Å². The van der Waals surface area contributed by atoms with Crippen molar-refractivity contribution in [1.29, 1.82) is 0 Å². The van der Waals surface area contributed by atoms with Crippen molar-refractivity contribution >= 4 is 11.8 Å². The first-order valence-electron chi connectivity index (χ1n) is 9.79. The predicted octanol–water partition coefficient (Wildman–Crippen LogP) is 3.98. The Morgan fingerprint density at radius 2 is 2.00 bits per heavy atom. The SMILES string of the molecule is CC(=O)O[C@H]1C[C@@](O)(C(C)C)[C@H]2C/C=C(/C)[C@@H]3CC(=O)C(C)=C3C[C@]12C. The van der Waals surface area contributed by atoms with Crippen LogP contribution in [-0.2, 0) is 14.3 Å². The molecule has 26 heavy (non-hydrogen) atoms. The summed E-state index contributed by atoms with van der Waals surface area (Å²) in [6, 6.07) is 0. The minimum Gasteiger partial charge on any atom is -0.462 e. The maximum Gasteiger partial charge on any atom is 0.302 e. The number of fused-ring (bicyclic) bond motifs is 2. The molecule has 3 rings (SSSR count). The third kappa shape index (κ3) is 2.77. The Bertz CT molecular complexity index is 701. The van der Waals surface area contributed by atoms with Gasteiger partial charge in [-0.05, 0) is 38.2 Å². The third-order valence-corrected chi connectivity index (χ3v) is 7.46. The molecule has 0 spiro atoms. The Balaban J connectivity index is 2.13. The van der Waals surface area contributed by atoms with E-state index in [1.54, 1.807) is 0 Å². The van der Waals surface area contributed by atoms with Crippen LogP contribution in [0.5, 0.6) is 0 Å². The first-order chi connectivity index (χ1) is 12.0. The average molecular weight is 360 g/mol. The van der Waals surface area contributed by atoms with E-state index < -0.39 is 5.60 Å². The van der Waals surface area contributed by atoms with E-state index in [-0.39, 0.29) is 41.0 Å². The summed E-state index contributed by atoms with van der Waals surface area (Å²) in [5.74, 6) is 0.149. The molecule has 0 heterocycles. The van der Waals surface area contributed by atoms with Crippen LogP contribution in [0, 0.1) is 23.2 Å². The zero-order valence-corrected chi connectivity index (χ0v) is 16.9. The van der Waals surface area contributed by atoms with E-state index in [0.717, 1.165) is 12.0 Å². The quantitative estimate of drug-likeness (QED) is 0.598. The summed E-state index contributed by atoms with van der Waals surface area (Å²) >= 11 is 0. The van der Waals surface area contributed by atoms with Gasteiger partial charge in [0.1, 0.15) is 6.10 Å². The molecule has 0 bridgehead atoms. The summed E-state index contributed by atoms with van der Waals surface area (Å²) in [6.45, 7) is 11.7. The molecular formula is C22H32O4. The van der Waals surface area contributed by atoms with Crippen LogP contribution in [0.2, 0.25) is 0 Å². The Kier molecular flexibility index (Phi) is 4.71. The molecule has 0 radical (unpaired) electrons. The van der Waals surface area contributed by atoms with E-state index in [1.165, 1.54) is 18.1 Å². The smallest absolute Gasteiger partial charge is 0.302 e. The molecule has 1 N–H and O–H groups in total. The first kappa shape index (κ1) is 19.3. The molecule has 0 aliphatic heterocycles. The summed E-state index contributed by atoms with van der Waals surface area (Å²) in [7, 11) is 0. The molecule has 1 saturated carbocycles. The van der Waals surface area contributed by atoms with Crippen molar-refractivity contribution in [3.8, 4) is 0 Å². The highest BCUT2D eigenvalue weighted by molar-refractivity contribution is 5.99. The fraction of sp³-hybridized carbons (Fsp3) is 0.727. The van der Waals surface area contributed by atoms with Crippen molar-refractivity contribution in [2.24, 2.45) is 23.2 Å². The Labute approximate surface area is 156 Å². The summed E-state index contributed by atoms with van der Waals surface area (Å²) < 4.78 is 5.74. The van der Waals surface area contributed by atoms with Gasteiger partial charge in [-0.1, -0.05) is 38.0 Å². The molecular weight excluding hydrogens is 328 g/mol. The van der Waals surface area contributed by atoms with Gasteiger partial charge in [-0.2, -0.15) is 0 Å². The fourth-order valence-corrected chi connectivity index (χ4v) is 5.64. The van der Waals surface area contributed by atoms with Gasteiger partial charge < -0.3 is 9.84 Å². The van der Waals surface area contributed by atoms with Gasteiger partial charge in [-0.25, -0.2) is 0 Å². The maximum atomic E-state index is 12.4. The first-order valence-corrected chi connectivity index (χ1v) is 9.79. The molecule has 0 unspecified atom stereocenters. The Morgan fingerprint density at radius 3 is 2.58 bits per heavy atom. The second kappa shape index (κ2) is 6.33. The van der Waals surface area contributed by atoms with E-state index in [1.807, 2.05) is 20.8 Å². The highest BCUT2D eigenvalue weighted by atomic mass is 16.5. The molecule has 0 amide bonds. The normalized spacial score (nSPS) is 42.1. The van der Waals surface area contributed by atoms with Crippen LogP contribution in [0.25, 0.3) is 0 Å². The van der Waals surface area contributed by atoms with E-state index in [9.17, 15) is 14.7 Å². The number of esters is 1. The summed E-state index contributed by atoms with van der Waals surface area (Å²) in [5.41, 5.74) is 2.03. The van der Waals surface area contributed by atoms with Gasteiger partial charge in [0.2, 0.25) is 0 Å². The van der Waals surface area contributed by atoms with Crippen LogP contribution in [0.1, 0.15) is 67.2 Å². The Morgan fingerprint density at radius 1 is 1.35 bits per heavy atom. The van der Waals surface area contributed by atoms with E-state index >= 15 is 0 Å². The average Bonchev–Trinajstić information content (AvgIpc) is 2.91. The number of carbonyl (C=O) groups excluding carboxylic acids is 2. The van der Waals surface area contributed by atoms with Crippen LogP contribution in [0.4, 0.5) is 0 Å². The van der Waals surface area contributed by atoms with Gasteiger partial charge in [0.25, 0.3) is 0 Å². The number of carbonyl (C=O) groups is 2. The summed E-state index contributed by atoms with van der Waals surface area (Å²) in [6.07, 6.45) is 4.35. The van der Waals surface area contributed by atoms with Crippen molar-refractivity contribution in [2.45, 2.75) is 78.9 Å². The lowest BCUT2D eigenvalue weighted by molar-refractivity contribution is -0.152. The minimum absolute atomic E-state index is 0.00810. The molecule has 5 atom stereocenters. The molecule has 4 nitrogen and oxygen atoms in total. The van der Waals surface area contributed by atoms with Gasteiger partial charge in [-0.3, -0.25) is 9.59 Å². The van der Waals surface area contributed by atoms with Crippen LogP contribution in [0.15, 0.2) is 22.8 Å². The number of hydrogen-bond donors (Lipinski definition) is 1. The number of ether oxygens (including phenoxy) is 1. The topological polar surface area (TPSA) is 63.6 Å². The van der Waals surface area contributed by atoms with Crippen molar-refractivity contribution in [3.05, 3.63) is 22.8 Å². The second-order valence-corrected chi connectivity index (χ2v) is 9.20. The highest BCUT2D eigenvalue weighted by Crippen LogP contribution is 2.60. The molecule has 0 aromatic rings. The lowest BCUT2D eigenvalue weighted by Gasteiger charge is -2.43. The number of allylic oxidation sites excluding steroid dienone is 4. The minimum atomic E-state index is -0.879. The highest BCUT2D eigenvalue weighted by Gasteiger charge is 2.62. The van der Waals surface area contributed by atoms with Crippen LogP contribution in [-0.4, -0.2) is 28.6 Å². The molecule has 1 fully saturated rings. The number of Topliss-reactive ketones (excluding diaryl/α,β-unsaturated/α-hetero) is 1. The number of rotatable bonds is 2. The monoisotopic (exact) mass is 360 g/mol. The Hall–Kier alpha value is -1.42. The molecule has 0 aromatic carbocycles. The summed E-state index contributed by atoms with van der Waals surface area (Å²) in [5, 5.41) is 11.6. The van der Waals surface area contributed by atoms with Crippen LogP contribution < -0.4 is 0 Å². The molecule has 4 heteroatoms. The molecule has 0 aromatic heterocycles. The maximum absolute atomic E-state index is 12.4. The third-order valence-electron chi connectivity index (χ3n) is 7.46. The van der Waals surface area contributed by atoms with E-state index in [2.05, 4.69) is 19.9 Å². The van der Waals surface area contributed by atoms with Gasteiger partial charge in [0.05, 0.1) is 5.60 Å². The molecule has 3 aliphatic carbocycles. The zero-order valence-electron chi connectivity index (χ0n) is 16.9. The van der Waals surface area contributed by atoms with Gasteiger partial charge in [0, 0.05) is 37.0 Å². The van der Waals surface area contributed by atoms with Gasteiger partial charge >= 0.3 is 5.97 Å². The molecule has 144 valence electrons. The number of aliphatic hydroxyl groups is 1. The number of hydrogen-bond acceptors (Lipinski definition) is 4. The van der Waals surface area contributed by atoms with Crippen molar-refractivity contribution in [2.75, 3.05) is 0 Å². The lowest BCUT2D eigenvalue weighted by Crippen LogP contribution is -2.44. The van der Waals surface area contributed by atoms with E-state index in [0.29, 0.717) is 19.3 Å². The molecule has 3 aliphatic rings. The van der Waals surface area contributed by atoms with Crippen molar-refractivity contribution < 1.29 is 19.4 Å². The van der Waals surface area contributed by atoms with E-state index in [4.69, 9.17) is 4.74 Å². The van der Waals surface area contributed by atoms with Crippen molar-refractivity contribution in [3.63, 3.8) is 0 Å². The standard InChI is InChI=1S/C22H32O4/c1-12(2)22(25)11-20(26-15(5)23)21(6)10-17-14(4)18(24)9-16(17)13(3)7-8-19(21)22/h7,12,16,19-20,25H,8-11H2,1-6H3/b13-7-/t16-,19-,20-,21-,22+/m0/s1. The lowest BCUT2D eigenvalue weighted by atomic mass is 9.64. The van der Waals surface area contributed by atoms with Crippen LogP contribution in [0.3, 0.4) is 0 Å². The number of ketones is 1. The van der Waals surface area contributed by atoms with Crippen LogP contribution >= 0.6 is 0 Å². The predicted molar refractivity (Wildman–Crippen MR) is 100 cm³/mol. The zero-order chi connectivity index (χ0) is 19.4. The largest absolute Gasteiger partial charge is 0.462 e. The van der Waals surface area contributed by atoms with Gasteiger partial charge in [-0.15, -0.1) is 0 Å². The van der Waals surface area contributed by atoms with Crippen molar-refractivity contribution in [1.82, 2.24) is 0 Å². The fourth-order valence-electron chi connectivity index (χ4n) is 5.64. The molecule has 0 saturated heterocycles.